The Bertz CT molecular complexity index is 489. The molecule has 2 amide bonds. The third kappa shape index (κ3) is 6.13. The molecule has 134 valence electrons. The highest BCUT2D eigenvalue weighted by Crippen LogP contribution is 2.21. The Morgan fingerprint density at radius 1 is 1.29 bits per heavy atom. The smallest absolute Gasteiger partial charge is 0.315 e. The Morgan fingerprint density at radius 2 is 1.96 bits per heavy atom. The zero-order valence-corrected chi connectivity index (χ0v) is 14.9. The lowest BCUT2D eigenvalue weighted by Gasteiger charge is -2.24. The molecule has 5 heteroatoms. The minimum atomic E-state index is -0.560. The van der Waals surface area contributed by atoms with Gasteiger partial charge in [-0.3, -0.25) is 0 Å². The van der Waals surface area contributed by atoms with E-state index in [1.807, 2.05) is 37.3 Å². The normalized spacial score (nSPS) is 17.7. The van der Waals surface area contributed by atoms with Crippen LogP contribution >= 0.6 is 0 Å². The number of hydrogen-bond donors (Lipinski definition) is 3. The second kappa shape index (κ2) is 9.64. The van der Waals surface area contributed by atoms with Gasteiger partial charge in [0, 0.05) is 25.2 Å². The first-order valence-corrected chi connectivity index (χ1v) is 9.04. The van der Waals surface area contributed by atoms with Crippen molar-refractivity contribution >= 4 is 6.03 Å². The zero-order valence-electron chi connectivity index (χ0n) is 14.9. The Balaban J connectivity index is 1.62. The predicted molar refractivity (Wildman–Crippen MR) is 96.9 cm³/mol. The van der Waals surface area contributed by atoms with E-state index in [1.54, 1.807) is 0 Å². The fraction of sp³-hybridized carbons (Fsp3) is 0.632. The highest BCUT2D eigenvalue weighted by molar-refractivity contribution is 5.74. The number of likely N-dealkylation sites (N-methyl/N-ethyl adjacent to an activating group) is 1. The molecule has 0 heterocycles. The van der Waals surface area contributed by atoms with Crippen molar-refractivity contribution in [1.29, 1.82) is 0 Å². The highest BCUT2D eigenvalue weighted by Gasteiger charge is 2.19. The maximum Gasteiger partial charge on any atom is 0.315 e. The molecule has 24 heavy (non-hydrogen) atoms. The molecule has 1 saturated carbocycles. The van der Waals surface area contributed by atoms with Crippen molar-refractivity contribution in [3.05, 3.63) is 35.9 Å². The molecule has 0 bridgehead atoms. The summed E-state index contributed by atoms with van der Waals surface area (Å²) in [5, 5.41) is 16.0. The average molecular weight is 333 g/mol. The van der Waals surface area contributed by atoms with Gasteiger partial charge in [-0.15, -0.1) is 0 Å². The molecule has 0 aromatic heterocycles. The molecule has 2 atom stereocenters. The second-order valence-electron chi connectivity index (χ2n) is 6.88. The summed E-state index contributed by atoms with van der Waals surface area (Å²) in [6, 6.07) is 9.96. The van der Waals surface area contributed by atoms with Crippen molar-refractivity contribution in [3.8, 4) is 0 Å². The van der Waals surface area contributed by atoms with E-state index in [0.717, 1.165) is 12.1 Å². The fourth-order valence-electron chi connectivity index (χ4n) is 3.35. The van der Waals surface area contributed by atoms with Gasteiger partial charge in [0.2, 0.25) is 0 Å². The third-order valence-electron chi connectivity index (χ3n) is 4.84. The number of benzene rings is 1. The SMILES string of the molecule is CC(CC(O)c1ccccc1)NC(=O)NCCN(C)C1CCCC1. The number of hydrogen-bond acceptors (Lipinski definition) is 3. The molecule has 1 aromatic rings. The van der Waals surface area contributed by atoms with Gasteiger partial charge < -0.3 is 20.6 Å². The number of carbonyl (C=O) groups excluding carboxylic acids is 1. The predicted octanol–water partition coefficient (Wildman–Crippen LogP) is 2.67. The number of aliphatic hydroxyl groups excluding tert-OH is 1. The first-order chi connectivity index (χ1) is 11.6. The molecule has 1 aliphatic carbocycles. The van der Waals surface area contributed by atoms with Gasteiger partial charge in [0.1, 0.15) is 0 Å². The van der Waals surface area contributed by atoms with Crippen LogP contribution in [0.3, 0.4) is 0 Å². The number of aliphatic hydroxyl groups is 1. The lowest BCUT2D eigenvalue weighted by molar-refractivity contribution is 0.154. The van der Waals surface area contributed by atoms with Gasteiger partial charge in [-0.05, 0) is 38.8 Å². The van der Waals surface area contributed by atoms with Crippen LogP contribution in [0.2, 0.25) is 0 Å². The molecule has 0 radical (unpaired) electrons. The van der Waals surface area contributed by atoms with E-state index in [9.17, 15) is 9.90 Å². The summed E-state index contributed by atoms with van der Waals surface area (Å²) in [5.41, 5.74) is 0.879. The minimum Gasteiger partial charge on any atom is -0.388 e. The van der Waals surface area contributed by atoms with Crippen LogP contribution in [0.15, 0.2) is 30.3 Å². The van der Waals surface area contributed by atoms with Crippen molar-refractivity contribution < 1.29 is 9.90 Å². The number of nitrogens with zero attached hydrogens (tertiary/aromatic N) is 1. The summed E-state index contributed by atoms with van der Waals surface area (Å²) in [5.74, 6) is 0. The zero-order chi connectivity index (χ0) is 17.4. The molecule has 3 N–H and O–H groups in total. The quantitative estimate of drug-likeness (QED) is 0.685. The molecule has 0 saturated heterocycles. The second-order valence-corrected chi connectivity index (χ2v) is 6.88. The monoisotopic (exact) mass is 333 g/mol. The van der Waals surface area contributed by atoms with Gasteiger partial charge in [-0.25, -0.2) is 4.79 Å². The lowest BCUT2D eigenvalue weighted by atomic mass is 10.0. The van der Waals surface area contributed by atoms with E-state index < -0.39 is 6.10 Å². The van der Waals surface area contributed by atoms with Crippen LogP contribution in [0.5, 0.6) is 0 Å². The standard InChI is InChI=1S/C19H31N3O2/c1-15(14-18(23)16-8-4-3-5-9-16)21-19(24)20-12-13-22(2)17-10-6-7-11-17/h3-5,8-9,15,17-18,23H,6-7,10-14H2,1-2H3,(H2,20,21,24). The molecule has 2 unspecified atom stereocenters. The lowest BCUT2D eigenvalue weighted by Crippen LogP contribution is -2.44. The number of rotatable bonds is 8. The summed E-state index contributed by atoms with van der Waals surface area (Å²) in [6.45, 7) is 3.43. The number of carbonyl (C=O) groups is 1. The van der Waals surface area contributed by atoms with Crippen LogP contribution in [0.1, 0.15) is 50.7 Å². The largest absolute Gasteiger partial charge is 0.388 e. The van der Waals surface area contributed by atoms with Crippen molar-refractivity contribution in [3.63, 3.8) is 0 Å². The van der Waals surface area contributed by atoms with Crippen molar-refractivity contribution in [1.82, 2.24) is 15.5 Å². The van der Waals surface area contributed by atoms with Crippen LogP contribution in [0, 0.1) is 0 Å². The van der Waals surface area contributed by atoms with Crippen LogP contribution in [-0.4, -0.2) is 48.3 Å². The van der Waals surface area contributed by atoms with Crippen molar-refractivity contribution in [2.45, 2.75) is 57.2 Å². The van der Waals surface area contributed by atoms with Crippen LogP contribution < -0.4 is 10.6 Å². The van der Waals surface area contributed by atoms with Crippen LogP contribution in [0.25, 0.3) is 0 Å². The number of nitrogens with one attached hydrogen (secondary N) is 2. The van der Waals surface area contributed by atoms with Crippen molar-refractivity contribution in [2.24, 2.45) is 0 Å². The van der Waals surface area contributed by atoms with Crippen LogP contribution in [0.4, 0.5) is 4.79 Å². The van der Waals surface area contributed by atoms with E-state index in [0.29, 0.717) is 19.0 Å². The van der Waals surface area contributed by atoms with Crippen molar-refractivity contribution in [2.75, 3.05) is 20.1 Å². The van der Waals surface area contributed by atoms with E-state index in [2.05, 4.69) is 22.6 Å². The first kappa shape index (κ1) is 18.7. The molecular formula is C19H31N3O2. The van der Waals surface area contributed by atoms with E-state index in [-0.39, 0.29) is 12.1 Å². The van der Waals surface area contributed by atoms with Crippen LogP contribution in [-0.2, 0) is 0 Å². The Hall–Kier alpha value is -1.59. The summed E-state index contributed by atoms with van der Waals surface area (Å²) in [7, 11) is 2.13. The summed E-state index contributed by atoms with van der Waals surface area (Å²) < 4.78 is 0. The fourth-order valence-corrected chi connectivity index (χ4v) is 3.35. The Kier molecular flexibility index (Phi) is 7.53. The molecule has 2 rings (SSSR count). The first-order valence-electron chi connectivity index (χ1n) is 9.04. The minimum absolute atomic E-state index is 0.0900. The Labute approximate surface area is 145 Å². The molecular weight excluding hydrogens is 302 g/mol. The summed E-state index contributed by atoms with van der Waals surface area (Å²) in [6.07, 6.45) is 5.14. The van der Waals surface area contributed by atoms with E-state index in [1.165, 1.54) is 25.7 Å². The van der Waals surface area contributed by atoms with Gasteiger partial charge in [-0.2, -0.15) is 0 Å². The molecule has 0 spiro atoms. The molecule has 5 nitrogen and oxygen atoms in total. The van der Waals surface area contributed by atoms with Gasteiger partial charge in [0.15, 0.2) is 0 Å². The molecule has 1 fully saturated rings. The van der Waals surface area contributed by atoms with Gasteiger partial charge in [-0.1, -0.05) is 43.2 Å². The topological polar surface area (TPSA) is 64.6 Å². The maximum atomic E-state index is 12.0. The summed E-state index contributed by atoms with van der Waals surface area (Å²) in [4.78, 5) is 14.3. The molecule has 1 aromatic carbocycles. The van der Waals surface area contributed by atoms with Gasteiger partial charge in [0.05, 0.1) is 6.10 Å². The average Bonchev–Trinajstić information content (AvgIpc) is 3.10. The number of urea groups is 1. The maximum absolute atomic E-state index is 12.0. The van der Waals surface area contributed by atoms with Gasteiger partial charge in [0.25, 0.3) is 0 Å². The molecule has 0 aliphatic heterocycles. The number of amides is 2. The van der Waals surface area contributed by atoms with E-state index >= 15 is 0 Å². The molecule has 1 aliphatic rings. The highest BCUT2D eigenvalue weighted by atomic mass is 16.3. The third-order valence-corrected chi connectivity index (χ3v) is 4.84. The van der Waals surface area contributed by atoms with Gasteiger partial charge >= 0.3 is 6.03 Å². The van der Waals surface area contributed by atoms with E-state index in [4.69, 9.17) is 0 Å². The summed E-state index contributed by atoms with van der Waals surface area (Å²) >= 11 is 0. The Morgan fingerprint density at radius 3 is 2.62 bits per heavy atom.